The van der Waals surface area contributed by atoms with E-state index >= 15 is 0 Å². The number of amides is 2. The molecule has 0 spiro atoms. The van der Waals surface area contributed by atoms with Gasteiger partial charge >= 0.3 is 0 Å². The second kappa shape index (κ2) is 8.10. The van der Waals surface area contributed by atoms with Crippen LogP contribution >= 0.6 is 12.4 Å². The first kappa shape index (κ1) is 18.7. The maximum absolute atomic E-state index is 12.7. The van der Waals surface area contributed by atoms with Crippen molar-refractivity contribution in [1.82, 2.24) is 20.1 Å². The van der Waals surface area contributed by atoms with Gasteiger partial charge in [0.25, 0.3) is 5.91 Å². The summed E-state index contributed by atoms with van der Waals surface area (Å²) in [6, 6.07) is 9.76. The molecule has 2 aliphatic rings. The van der Waals surface area contributed by atoms with Crippen LogP contribution in [0.25, 0.3) is 10.9 Å². The molecule has 3 heterocycles. The summed E-state index contributed by atoms with van der Waals surface area (Å²) < 4.78 is 0. The first-order valence-corrected chi connectivity index (χ1v) is 9.11. The third-order valence-corrected chi connectivity index (χ3v) is 5.25. The quantitative estimate of drug-likeness (QED) is 0.842. The molecule has 26 heavy (non-hydrogen) atoms. The third-order valence-electron chi connectivity index (χ3n) is 5.25. The van der Waals surface area contributed by atoms with Crippen molar-refractivity contribution in [1.29, 1.82) is 0 Å². The van der Waals surface area contributed by atoms with Gasteiger partial charge in [0, 0.05) is 37.1 Å². The van der Waals surface area contributed by atoms with Crippen LogP contribution in [0, 0.1) is 0 Å². The molecule has 7 heteroatoms. The van der Waals surface area contributed by atoms with Crippen molar-refractivity contribution in [2.45, 2.75) is 25.3 Å². The molecule has 2 aliphatic heterocycles. The van der Waals surface area contributed by atoms with E-state index in [1.165, 1.54) is 0 Å². The summed E-state index contributed by atoms with van der Waals surface area (Å²) in [7, 11) is 0. The van der Waals surface area contributed by atoms with Crippen molar-refractivity contribution in [2.75, 3.05) is 32.7 Å². The van der Waals surface area contributed by atoms with E-state index in [1.807, 2.05) is 40.1 Å². The number of carbonyl (C=O) groups excluding carboxylic acids is 2. The van der Waals surface area contributed by atoms with Crippen LogP contribution < -0.4 is 5.32 Å². The summed E-state index contributed by atoms with van der Waals surface area (Å²) in [5.41, 5.74) is 1.60. The Bertz CT molecular complexity index is 744. The van der Waals surface area contributed by atoms with E-state index in [0.29, 0.717) is 31.9 Å². The van der Waals surface area contributed by atoms with Crippen molar-refractivity contribution >= 4 is 35.1 Å². The van der Waals surface area contributed by atoms with E-state index in [9.17, 15) is 9.59 Å². The largest absolute Gasteiger partial charge is 0.351 e. The standard InChI is InChI=1S/C19H24N4O2.ClH/c24-18(16-7-3-4-8-20-16)22-9-11-23(12-10-22)19(25)17-13-14-5-1-2-6-15(14)21-17;/h1-2,5-6,13,16,20-21H,3-4,7-12H2;1H. The fraction of sp³-hybridized carbons (Fsp3) is 0.474. The highest BCUT2D eigenvalue weighted by atomic mass is 35.5. The van der Waals surface area contributed by atoms with Crippen molar-refractivity contribution in [3.8, 4) is 0 Å². The van der Waals surface area contributed by atoms with Crippen LogP contribution in [0.1, 0.15) is 29.8 Å². The third kappa shape index (κ3) is 3.71. The number of aromatic nitrogens is 1. The second-order valence-corrected chi connectivity index (χ2v) is 6.89. The maximum Gasteiger partial charge on any atom is 0.270 e. The van der Waals surface area contributed by atoms with Gasteiger partial charge in [0.15, 0.2) is 0 Å². The van der Waals surface area contributed by atoms with Gasteiger partial charge in [0.1, 0.15) is 5.69 Å². The molecule has 2 N–H and O–H groups in total. The van der Waals surface area contributed by atoms with Crippen molar-refractivity contribution < 1.29 is 9.59 Å². The molecule has 1 aromatic heterocycles. The number of H-pyrrole nitrogens is 1. The summed E-state index contributed by atoms with van der Waals surface area (Å²) >= 11 is 0. The number of rotatable bonds is 2. The zero-order valence-electron chi connectivity index (χ0n) is 14.7. The molecule has 2 saturated heterocycles. The minimum Gasteiger partial charge on any atom is -0.351 e. The number of nitrogens with one attached hydrogen (secondary N) is 2. The summed E-state index contributed by atoms with van der Waals surface area (Å²) in [5.74, 6) is 0.205. The fourth-order valence-corrected chi connectivity index (χ4v) is 3.77. The van der Waals surface area contributed by atoms with Crippen LogP contribution in [0.4, 0.5) is 0 Å². The number of piperazine rings is 1. The molecule has 0 aliphatic carbocycles. The molecule has 2 aromatic rings. The topological polar surface area (TPSA) is 68.4 Å². The van der Waals surface area contributed by atoms with Gasteiger partial charge in [0.2, 0.25) is 5.91 Å². The number of benzene rings is 1. The Morgan fingerprint density at radius 1 is 1.00 bits per heavy atom. The predicted molar refractivity (Wildman–Crippen MR) is 104 cm³/mol. The Hall–Kier alpha value is -2.05. The molecule has 0 bridgehead atoms. The van der Waals surface area contributed by atoms with Crippen molar-refractivity contribution in [2.24, 2.45) is 0 Å². The lowest BCUT2D eigenvalue weighted by molar-refractivity contribution is -0.135. The molecule has 140 valence electrons. The monoisotopic (exact) mass is 376 g/mol. The average molecular weight is 377 g/mol. The smallest absolute Gasteiger partial charge is 0.270 e. The Labute approximate surface area is 159 Å². The van der Waals surface area contributed by atoms with Gasteiger partial charge in [-0.1, -0.05) is 24.6 Å². The Kier molecular flexibility index (Phi) is 5.84. The number of halogens is 1. The Morgan fingerprint density at radius 3 is 2.42 bits per heavy atom. The summed E-state index contributed by atoms with van der Waals surface area (Å²) in [5, 5.41) is 4.36. The van der Waals surface area contributed by atoms with Crippen LogP contribution in [0.5, 0.6) is 0 Å². The fourth-order valence-electron chi connectivity index (χ4n) is 3.77. The minimum absolute atomic E-state index is 0. The van der Waals surface area contributed by atoms with Gasteiger partial charge in [-0.2, -0.15) is 0 Å². The molecule has 1 aromatic carbocycles. The number of hydrogen-bond acceptors (Lipinski definition) is 3. The van der Waals surface area contributed by atoms with Crippen LogP contribution in [0.2, 0.25) is 0 Å². The lowest BCUT2D eigenvalue weighted by Crippen LogP contribution is -2.55. The molecule has 2 fully saturated rings. The predicted octanol–water partition coefficient (Wildman–Crippen LogP) is 2.02. The van der Waals surface area contributed by atoms with Crippen molar-refractivity contribution in [3.05, 3.63) is 36.0 Å². The van der Waals surface area contributed by atoms with E-state index in [1.54, 1.807) is 0 Å². The number of aromatic amines is 1. The Balaban J connectivity index is 0.00000196. The number of carbonyl (C=O) groups is 2. The maximum atomic E-state index is 12.7. The number of hydrogen-bond donors (Lipinski definition) is 2. The van der Waals surface area contributed by atoms with E-state index in [-0.39, 0.29) is 30.3 Å². The lowest BCUT2D eigenvalue weighted by atomic mass is 10.0. The van der Waals surface area contributed by atoms with Crippen LogP contribution in [0.3, 0.4) is 0 Å². The lowest BCUT2D eigenvalue weighted by Gasteiger charge is -2.37. The van der Waals surface area contributed by atoms with E-state index in [2.05, 4.69) is 10.3 Å². The van der Waals surface area contributed by atoms with E-state index < -0.39 is 0 Å². The van der Waals surface area contributed by atoms with Crippen LogP contribution in [-0.4, -0.2) is 65.4 Å². The molecule has 1 unspecified atom stereocenters. The van der Waals surface area contributed by atoms with Gasteiger partial charge in [-0.3, -0.25) is 9.59 Å². The van der Waals surface area contributed by atoms with Gasteiger partial charge in [-0.15, -0.1) is 12.4 Å². The van der Waals surface area contributed by atoms with Gasteiger partial charge in [-0.05, 0) is 31.5 Å². The highest BCUT2D eigenvalue weighted by Crippen LogP contribution is 2.17. The molecule has 0 saturated carbocycles. The molecule has 0 radical (unpaired) electrons. The zero-order valence-corrected chi connectivity index (χ0v) is 15.6. The van der Waals surface area contributed by atoms with E-state index in [0.717, 1.165) is 36.7 Å². The zero-order chi connectivity index (χ0) is 17.2. The number of para-hydroxylation sites is 1. The van der Waals surface area contributed by atoms with Crippen LogP contribution in [0.15, 0.2) is 30.3 Å². The molecular weight excluding hydrogens is 352 g/mol. The first-order chi connectivity index (χ1) is 12.2. The Morgan fingerprint density at radius 2 is 1.73 bits per heavy atom. The molecule has 6 nitrogen and oxygen atoms in total. The normalized spacial score (nSPS) is 20.7. The number of piperidine rings is 1. The average Bonchev–Trinajstić information content (AvgIpc) is 3.12. The molecule has 1 atom stereocenters. The molecule has 4 rings (SSSR count). The van der Waals surface area contributed by atoms with Gasteiger partial charge < -0.3 is 20.1 Å². The summed E-state index contributed by atoms with van der Waals surface area (Å²) in [6.07, 6.45) is 3.19. The molecule has 2 amide bonds. The number of fused-ring (bicyclic) bond motifs is 1. The highest BCUT2D eigenvalue weighted by Gasteiger charge is 2.30. The summed E-state index contributed by atoms with van der Waals surface area (Å²) in [6.45, 7) is 3.33. The minimum atomic E-state index is -0.0373. The van der Waals surface area contributed by atoms with Crippen molar-refractivity contribution in [3.63, 3.8) is 0 Å². The number of nitrogens with zero attached hydrogens (tertiary/aromatic N) is 2. The molecular formula is C19H25ClN4O2. The van der Waals surface area contributed by atoms with Gasteiger partial charge in [0.05, 0.1) is 6.04 Å². The highest BCUT2D eigenvalue weighted by molar-refractivity contribution is 5.98. The second-order valence-electron chi connectivity index (χ2n) is 6.89. The van der Waals surface area contributed by atoms with Gasteiger partial charge in [-0.25, -0.2) is 0 Å². The SMILES string of the molecule is Cl.O=C(c1cc2ccccc2[nH]1)N1CCN(C(=O)C2CCCCN2)CC1. The first-order valence-electron chi connectivity index (χ1n) is 9.11. The van der Waals surface area contributed by atoms with E-state index in [4.69, 9.17) is 0 Å². The summed E-state index contributed by atoms with van der Waals surface area (Å²) in [4.78, 5) is 32.2. The van der Waals surface area contributed by atoms with Crippen LogP contribution in [-0.2, 0) is 4.79 Å².